The minimum atomic E-state index is -5.08. The smallest absolute Gasteiger partial charge is 0.478 e. The van der Waals surface area contributed by atoms with Gasteiger partial charge in [0.2, 0.25) is 0 Å². The number of nitrogens with zero attached hydrogens (tertiary/aromatic N) is 2. The van der Waals surface area contributed by atoms with Crippen molar-refractivity contribution in [2.45, 2.75) is 52.0 Å². The van der Waals surface area contributed by atoms with Gasteiger partial charge in [0.15, 0.2) is 0 Å². The largest absolute Gasteiger partial charge is 0.490 e. The zero-order chi connectivity index (χ0) is 26.5. The summed E-state index contributed by atoms with van der Waals surface area (Å²) < 4.78 is 31.7. The summed E-state index contributed by atoms with van der Waals surface area (Å²) in [6.45, 7) is 10.2. The number of hydrogen-bond acceptors (Lipinski definition) is 4. The van der Waals surface area contributed by atoms with Crippen molar-refractivity contribution in [3.63, 3.8) is 0 Å². The van der Waals surface area contributed by atoms with Gasteiger partial charge < -0.3 is 10.2 Å². The van der Waals surface area contributed by atoms with E-state index in [0.717, 1.165) is 25.6 Å². The highest BCUT2D eigenvalue weighted by Gasteiger charge is 2.49. The molecule has 196 valence electrons. The molecule has 2 aromatic carbocycles. The Balaban J connectivity index is 0.000000454. The highest BCUT2D eigenvalue weighted by Crippen LogP contribution is 2.45. The molecule has 2 aliphatic heterocycles. The summed E-state index contributed by atoms with van der Waals surface area (Å²) in [5, 5.41) is 16.2. The summed E-state index contributed by atoms with van der Waals surface area (Å²) in [5.41, 5.74) is 3.33. The minimum absolute atomic E-state index is 0.354. The zero-order valence-electron chi connectivity index (χ0n) is 20.5. The Labute approximate surface area is 209 Å². The van der Waals surface area contributed by atoms with E-state index in [1.807, 2.05) is 12.1 Å². The quantitative estimate of drug-likeness (QED) is 0.565. The van der Waals surface area contributed by atoms with Crippen LogP contribution < -0.4 is 0 Å². The van der Waals surface area contributed by atoms with E-state index in [9.17, 15) is 18.0 Å². The molecule has 9 heteroatoms. The molecule has 2 aromatic rings. The van der Waals surface area contributed by atoms with E-state index in [-0.39, 0.29) is 0 Å². The lowest BCUT2D eigenvalue weighted by molar-refractivity contribution is -0.192. The van der Waals surface area contributed by atoms with Crippen LogP contribution in [0.5, 0.6) is 0 Å². The summed E-state index contributed by atoms with van der Waals surface area (Å²) in [7, 11) is 0. The molecule has 1 unspecified atom stereocenters. The number of carboxylic acids is 2. The van der Waals surface area contributed by atoms with Crippen LogP contribution in [-0.4, -0.2) is 63.8 Å². The molecule has 4 rings (SSSR count). The molecule has 0 aliphatic carbocycles. The third-order valence-corrected chi connectivity index (χ3v) is 6.96. The van der Waals surface area contributed by atoms with Crippen LogP contribution >= 0.6 is 0 Å². The third kappa shape index (κ3) is 7.30. The molecule has 0 bridgehead atoms. The number of benzene rings is 2. The maximum absolute atomic E-state index is 11.1. The predicted molar refractivity (Wildman–Crippen MR) is 130 cm³/mol. The summed E-state index contributed by atoms with van der Waals surface area (Å²) in [4.78, 5) is 25.2. The van der Waals surface area contributed by atoms with Crippen molar-refractivity contribution >= 4 is 11.9 Å². The molecule has 6 nitrogen and oxygen atoms in total. The standard InChI is InChI=1S/C25H32N2O2.C2HF3O2/c1-25(2)18-27(17-20-8-10-22(11-9-20)24(28)29)23(25)21-12-14-26(15-13-21)16-19-6-4-3-5-7-19;3-2(4,5)1(6)7/h3-11,21,23H,12-18H2,1-2H3,(H,28,29);(H,6,7). The Hall–Kier alpha value is -2.91. The average molecular weight is 507 g/mol. The molecule has 1 atom stereocenters. The number of piperidine rings is 1. The van der Waals surface area contributed by atoms with E-state index < -0.39 is 18.1 Å². The fraction of sp³-hybridized carbons (Fsp3) is 0.481. The SMILES string of the molecule is CC1(C)CN(Cc2ccc(C(=O)O)cc2)C1C1CCN(Cc2ccccc2)CC1.O=C(O)C(F)(F)F. The normalized spacial score (nSPS) is 20.6. The van der Waals surface area contributed by atoms with Crippen molar-refractivity contribution in [2.24, 2.45) is 11.3 Å². The molecular formula is C27H33F3N2O4. The lowest BCUT2D eigenvalue weighted by Crippen LogP contribution is -2.65. The number of likely N-dealkylation sites (tertiary alicyclic amines) is 2. The van der Waals surface area contributed by atoms with Gasteiger partial charge in [-0.15, -0.1) is 0 Å². The average Bonchev–Trinajstić information content (AvgIpc) is 2.80. The third-order valence-electron chi connectivity index (χ3n) is 6.96. The first-order valence-corrected chi connectivity index (χ1v) is 12.0. The highest BCUT2D eigenvalue weighted by molar-refractivity contribution is 5.87. The minimum Gasteiger partial charge on any atom is -0.478 e. The Morgan fingerprint density at radius 3 is 1.92 bits per heavy atom. The van der Waals surface area contributed by atoms with Crippen LogP contribution in [0.3, 0.4) is 0 Å². The molecule has 2 saturated heterocycles. The van der Waals surface area contributed by atoms with Crippen molar-refractivity contribution in [3.05, 3.63) is 71.3 Å². The molecule has 2 heterocycles. The number of carbonyl (C=O) groups is 2. The fourth-order valence-corrected chi connectivity index (χ4v) is 5.44. The number of aliphatic carboxylic acids is 1. The van der Waals surface area contributed by atoms with Crippen LogP contribution in [0.15, 0.2) is 54.6 Å². The summed E-state index contributed by atoms with van der Waals surface area (Å²) in [6, 6.07) is 18.8. The van der Waals surface area contributed by atoms with Gasteiger partial charge in [-0.3, -0.25) is 9.80 Å². The van der Waals surface area contributed by atoms with Gasteiger partial charge in [-0.1, -0.05) is 56.3 Å². The second-order valence-electron chi connectivity index (χ2n) is 10.2. The molecule has 2 fully saturated rings. The van der Waals surface area contributed by atoms with E-state index in [1.165, 1.54) is 37.1 Å². The van der Waals surface area contributed by atoms with Crippen LogP contribution in [0.25, 0.3) is 0 Å². The van der Waals surface area contributed by atoms with Gasteiger partial charge in [-0.05, 0) is 60.5 Å². The van der Waals surface area contributed by atoms with Crippen LogP contribution in [0.4, 0.5) is 13.2 Å². The molecule has 0 spiro atoms. The first kappa shape index (κ1) is 27.7. The molecule has 0 amide bonds. The fourth-order valence-electron chi connectivity index (χ4n) is 5.44. The number of rotatable bonds is 6. The van der Waals surface area contributed by atoms with E-state index in [4.69, 9.17) is 15.0 Å². The van der Waals surface area contributed by atoms with Gasteiger partial charge in [0, 0.05) is 25.7 Å². The Morgan fingerprint density at radius 2 is 1.44 bits per heavy atom. The molecular weight excluding hydrogens is 473 g/mol. The monoisotopic (exact) mass is 506 g/mol. The maximum atomic E-state index is 11.1. The first-order valence-electron chi connectivity index (χ1n) is 12.0. The van der Waals surface area contributed by atoms with Gasteiger partial charge in [0.05, 0.1) is 5.56 Å². The molecule has 0 aromatic heterocycles. The van der Waals surface area contributed by atoms with Crippen molar-refractivity contribution in [1.29, 1.82) is 0 Å². The zero-order valence-corrected chi connectivity index (χ0v) is 20.5. The van der Waals surface area contributed by atoms with Gasteiger partial charge in [0.1, 0.15) is 0 Å². The topological polar surface area (TPSA) is 81.1 Å². The number of alkyl halides is 3. The molecule has 2 aliphatic rings. The van der Waals surface area contributed by atoms with Crippen LogP contribution in [-0.2, 0) is 17.9 Å². The lowest BCUT2D eigenvalue weighted by atomic mass is 9.66. The van der Waals surface area contributed by atoms with Crippen LogP contribution in [0, 0.1) is 11.3 Å². The van der Waals surface area contributed by atoms with Crippen molar-refractivity contribution in [2.75, 3.05) is 19.6 Å². The number of hydrogen-bond donors (Lipinski definition) is 2. The molecule has 0 saturated carbocycles. The molecule has 2 N–H and O–H groups in total. The predicted octanol–water partition coefficient (Wildman–Crippen LogP) is 5.14. The summed E-state index contributed by atoms with van der Waals surface area (Å²) in [6.07, 6.45) is -2.56. The van der Waals surface area contributed by atoms with E-state index in [0.29, 0.717) is 17.0 Å². The van der Waals surface area contributed by atoms with Crippen LogP contribution in [0.1, 0.15) is 48.2 Å². The van der Waals surface area contributed by atoms with Crippen LogP contribution in [0.2, 0.25) is 0 Å². The number of carboxylic acid groups (broad SMARTS) is 2. The van der Waals surface area contributed by atoms with E-state index >= 15 is 0 Å². The van der Waals surface area contributed by atoms with E-state index in [1.54, 1.807) is 12.1 Å². The number of halogens is 3. The summed E-state index contributed by atoms with van der Waals surface area (Å²) in [5.74, 6) is -2.88. The molecule has 36 heavy (non-hydrogen) atoms. The van der Waals surface area contributed by atoms with Crippen molar-refractivity contribution in [3.8, 4) is 0 Å². The van der Waals surface area contributed by atoms with Gasteiger partial charge in [-0.25, -0.2) is 9.59 Å². The lowest BCUT2D eigenvalue weighted by Gasteiger charge is -2.59. The maximum Gasteiger partial charge on any atom is 0.490 e. The van der Waals surface area contributed by atoms with E-state index in [2.05, 4.69) is 54.0 Å². The van der Waals surface area contributed by atoms with Crippen molar-refractivity contribution in [1.82, 2.24) is 9.80 Å². The van der Waals surface area contributed by atoms with Gasteiger partial charge in [0.25, 0.3) is 0 Å². The first-order chi connectivity index (χ1) is 16.9. The van der Waals surface area contributed by atoms with Gasteiger partial charge >= 0.3 is 18.1 Å². The molecule has 0 radical (unpaired) electrons. The Kier molecular flexibility index (Phi) is 8.79. The van der Waals surface area contributed by atoms with Gasteiger partial charge in [-0.2, -0.15) is 13.2 Å². The second kappa shape index (κ2) is 11.4. The highest BCUT2D eigenvalue weighted by atomic mass is 19.4. The second-order valence-corrected chi connectivity index (χ2v) is 10.2. The number of aromatic carboxylic acids is 1. The van der Waals surface area contributed by atoms with Crippen molar-refractivity contribution < 1.29 is 33.0 Å². The Bertz CT molecular complexity index is 1020. The Morgan fingerprint density at radius 1 is 0.917 bits per heavy atom. The summed E-state index contributed by atoms with van der Waals surface area (Å²) >= 11 is 0.